The minimum Gasteiger partial charge on any atom is -0.383 e. The fraction of sp³-hybridized carbons (Fsp3) is 0.333. The Balaban J connectivity index is 1.75. The third-order valence-corrected chi connectivity index (χ3v) is 7.53. The lowest BCUT2D eigenvalue weighted by Gasteiger charge is -2.21. The van der Waals surface area contributed by atoms with Crippen molar-refractivity contribution in [2.75, 3.05) is 45.8 Å². The third-order valence-electron chi connectivity index (χ3n) is 4.69. The summed E-state index contributed by atoms with van der Waals surface area (Å²) in [6.45, 7) is 2.93. The molecule has 0 bridgehead atoms. The molecule has 0 saturated carbocycles. The first-order valence-corrected chi connectivity index (χ1v) is 11.9. The number of carbonyl (C=O) groups is 1. The number of benzene rings is 2. The van der Waals surface area contributed by atoms with Crippen LogP contribution in [0, 0.1) is 6.92 Å². The van der Waals surface area contributed by atoms with Crippen molar-refractivity contribution in [2.45, 2.75) is 11.8 Å². The number of hydrogen-bond acceptors (Lipinski definition) is 7. The zero-order valence-electron chi connectivity index (χ0n) is 17.6. The molecular weight excluding hydrogens is 438 g/mol. The Bertz CT molecular complexity index is 1140. The van der Waals surface area contributed by atoms with Gasteiger partial charge < -0.3 is 9.47 Å². The SMILES string of the molecule is COCCN(CCOC)S(=O)(=O)c1ccc(C(=O)Nc2nc3c(C)cccc3s2)cc1. The van der Waals surface area contributed by atoms with Crippen LogP contribution in [0.4, 0.5) is 5.13 Å². The van der Waals surface area contributed by atoms with E-state index in [4.69, 9.17) is 9.47 Å². The summed E-state index contributed by atoms with van der Waals surface area (Å²) in [6, 6.07) is 11.7. The van der Waals surface area contributed by atoms with Crippen molar-refractivity contribution >= 4 is 42.6 Å². The molecule has 3 rings (SSSR count). The standard InChI is InChI=1S/C21H25N3O5S2/c1-15-5-4-6-18-19(15)22-21(30-18)23-20(25)16-7-9-17(10-8-16)31(26,27)24(11-13-28-2)12-14-29-3/h4-10H,11-14H2,1-3H3,(H,22,23,25). The largest absolute Gasteiger partial charge is 0.383 e. The molecule has 0 atom stereocenters. The van der Waals surface area contributed by atoms with Crippen molar-refractivity contribution in [1.82, 2.24) is 9.29 Å². The molecule has 10 heteroatoms. The van der Waals surface area contributed by atoms with Gasteiger partial charge in [-0.1, -0.05) is 23.5 Å². The van der Waals surface area contributed by atoms with Crippen LogP contribution in [0.3, 0.4) is 0 Å². The quantitative estimate of drug-likeness (QED) is 0.496. The molecule has 2 aromatic carbocycles. The minimum absolute atomic E-state index is 0.104. The Kier molecular flexibility index (Phi) is 7.74. The highest BCUT2D eigenvalue weighted by Gasteiger charge is 2.24. The maximum absolute atomic E-state index is 13.0. The molecule has 0 unspecified atom stereocenters. The molecule has 1 N–H and O–H groups in total. The number of ether oxygens (including phenoxy) is 2. The molecular formula is C21H25N3O5S2. The predicted octanol–water partition coefficient (Wildman–Crippen LogP) is 3.14. The predicted molar refractivity (Wildman–Crippen MR) is 121 cm³/mol. The van der Waals surface area contributed by atoms with E-state index in [1.807, 2.05) is 25.1 Å². The number of para-hydroxylation sites is 1. The number of aromatic nitrogens is 1. The molecule has 1 heterocycles. The third kappa shape index (κ3) is 5.46. The van der Waals surface area contributed by atoms with Crippen LogP contribution >= 0.6 is 11.3 Å². The highest BCUT2D eigenvalue weighted by molar-refractivity contribution is 7.89. The van der Waals surface area contributed by atoms with Gasteiger partial charge in [0.25, 0.3) is 5.91 Å². The first kappa shape index (κ1) is 23.3. The molecule has 0 saturated heterocycles. The van der Waals surface area contributed by atoms with E-state index in [0.29, 0.717) is 10.7 Å². The van der Waals surface area contributed by atoms with Crippen molar-refractivity contribution < 1.29 is 22.7 Å². The number of rotatable bonds is 10. The highest BCUT2D eigenvalue weighted by atomic mass is 32.2. The van der Waals surface area contributed by atoms with E-state index in [2.05, 4.69) is 10.3 Å². The van der Waals surface area contributed by atoms with Gasteiger partial charge in [0.2, 0.25) is 10.0 Å². The monoisotopic (exact) mass is 463 g/mol. The van der Waals surface area contributed by atoms with Gasteiger partial charge in [0, 0.05) is 32.9 Å². The van der Waals surface area contributed by atoms with Crippen LogP contribution in [0.1, 0.15) is 15.9 Å². The van der Waals surface area contributed by atoms with Crippen molar-refractivity contribution in [3.8, 4) is 0 Å². The van der Waals surface area contributed by atoms with Crippen LogP contribution in [0.15, 0.2) is 47.4 Å². The van der Waals surface area contributed by atoms with Crippen LogP contribution in [-0.4, -0.2) is 64.1 Å². The first-order chi connectivity index (χ1) is 14.9. The van der Waals surface area contributed by atoms with E-state index in [9.17, 15) is 13.2 Å². The van der Waals surface area contributed by atoms with Gasteiger partial charge >= 0.3 is 0 Å². The van der Waals surface area contributed by atoms with Crippen LogP contribution in [0.2, 0.25) is 0 Å². The van der Waals surface area contributed by atoms with Crippen LogP contribution in [-0.2, 0) is 19.5 Å². The summed E-state index contributed by atoms with van der Waals surface area (Å²) in [5.41, 5.74) is 2.24. The van der Waals surface area contributed by atoms with E-state index >= 15 is 0 Å². The highest BCUT2D eigenvalue weighted by Crippen LogP contribution is 2.28. The lowest BCUT2D eigenvalue weighted by molar-refractivity contribution is 0.102. The molecule has 3 aromatic rings. The van der Waals surface area contributed by atoms with E-state index in [-0.39, 0.29) is 37.1 Å². The normalized spacial score (nSPS) is 11.9. The summed E-state index contributed by atoms with van der Waals surface area (Å²) < 4.78 is 38.2. The minimum atomic E-state index is -3.74. The topological polar surface area (TPSA) is 97.8 Å². The smallest absolute Gasteiger partial charge is 0.257 e. The number of sulfonamides is 1. The van der Waals surface area contributed by atoms with Gasteiger partial charge in [-0.15, -0.1) is 0 Å². The second-order valence-corrected chi connectivity index (χ2v) is 9.78. The maximum Gasteiger partial charge on any atom is 0.257 e. The summed E-state index contributed by atoms with van der Waals surface area (Å²) >= 11 is 1.39. The Morgan fingerprint density at radius 2 is 1.71 bits per heavy atom. The molecule has 0 radical (unpaired) electrons. The number of carbonyl (C=O) groups excluding carboxylic acids is 1. The zero-order chi connectivity index (χ0) is 22.4. The van der Waals surface area contributed by atoms with Crippen molar-refractivity contribution in [2.24, 2.45) is 0 Å². The number of aryl methyl sites for hydroxylation is 1. The number of amides is 1. The average Bonchev–Trinajstić information content (AvgIpc) is 3.17. The molecule has 1 aromatic heterocycles. The van der Waals surface area contributed by atoms with E-state index in [0.717, 1.165) is 15.8 Å². The van der Waals surface area contributed by atoms with Crippen molar-refractivity contribution in [1.29, 1.82) is 0 Å². The van der Waals surface area contributed by atoms with Gasteiger partial charge in [-0.05, 0) is 42.8 Å². The number of anilines is 1. The number of nitrogens with zero attached hydrogens (tertiary/aromatic N) is 2. The Hall–Kier alpha value is -2.37. The van der Waals surface area contributed by atoms with E-state index < -0.39 is 10.0 Å². The fourth-order valence-electron chi connectivity index (χ4n) is 2.97. The molecule has 31 heavy (non-hydrogen) atoms. The summed E-state index contributed by atoms with van der Waals surface area (Å²) in [7, 11) is -0.707. The molecule has 0 aliphatic heterocycles. The lowest BCUT2D eigenvalue weighted by atomic mass is 10.2. The molecule has 8 nitrogen and oxygen atoms in total. The molecule has 0 aliphatic rings. The maximum atomic E-state index is 13.0. The van der Waals surface area contributed by atoms with Crippen LogP contribution in [0.5, 0.6) is 0 Å². The molecule has 0 spiro atoms. The Morgan fingerprint density at radius 1 is 1.06 bits per heavy atom. The summed E-state index contributed by atoms with van der Waals surface area (Å²) in [5.74, 6) is -0.351. The lowest BCUT2D eigenvalue weighted by Crippen LogP contribution is -2.36. The summed E-state index contributed by atoms with van der Waals surface area (Å²) in [6.07, 6.45) is 0. The Labute approximate surface area is 185 Å². The second-order valence-electron chi connectivity index (χ2n) is 6.81. The molecule has 166 valence electrons. The summed E-state index contributed by atoms with van der Waals surface area (Å²) in [4.78, 5) is 17.2. The van der Waals surface area contributed by atoms with Crippen LogP contribution in [0.25, 0.3) is 10.2 Å². The number of nitrogens with one attached hydrogen (secondary N) is 1. The fourth-order valence-corrected chi connectivity index (χ4v) is 5.32. The Morgan fingerprint density at radius 3 is 2.29 bits per heavy atom. The van der Waals surface area contributed by atoms with Crippen LogP contribution < -0.4 is 5.32 Å². The van der Waals surface area contributed by atoms with E-state index in [1.54, 1.807) is 0 Å². The van der Waals surface area contributed by atoms with Crippen molar-refractivity contribution in [3.05, 3.63) is 53.6 Å². The number of hydrogen-bond donors (Lipinski definition) is 1. The molecule has 0 aliphatic carbocycles. The van der Waals surface area contributed by atoms with Gasteiger partial charge in [0.05, 0.1) is 28.3 Å². The zero-order valence-corrected chi connectivity index (χ0v) is 19.3. The summed E-state index contributed by atoms with van der Waals surface area (Å²) in [5, 5.41) is 3.28. The first-order valence-electron chi connectivity index (χ1n) is 9.62. The van der Waals surface area contributed by atoms with Crippen molar-refractivity contribution in [3.63, 3.8) is 0 Å². The number of fused-ring (bicyclic) bond motifs is 1. The van der Waals surface area contributed by atoms with Gasteiger partial charge in [0.1, 0.15) is 0 Å². The molecule has 1 amide bonds. The van der Waals surface area contributed by atoms with Gasteiger partial charge in [0.15, 0.2) is 5.13 Å². The second kappa shape index (κ2) is 10.3. The number of thiazole rings is 1. The number of methoxy groups -OCH3 is 2. The van der Waals surface area contributed by atoms with Gasteiger partial charge in [-0.25, -0.2) is 13.4 Å². The average molecular weight is 464 g/mol. The molecule has 0 fully saturated rings. The van der Waals surface area contributed by atoms with Gasteiger partial charge in [-0.3, -0.25) is 10.1 Å². The van der Waals surface area contributed by atoms with Gasteiger partial charge in [-0.2, -0.15) is 4.31 Å². The van der Waals surface area contributed by atoms with E-state index in [1.165, 1.54) is 54.1 Å².